The number of ether oxygens (including phenoxy) is 6. The smallest absolute Gasteiger partial charge is 0.394 e. The molecule has 1 spiro atoms. The maximum Gasteiger partial charge on any atom is 0.394 e. The maximum absolute atomic E-state index is 12.9. The van der Waals surface area contributed by atoms with E-state index in [0.717, 1.165) is 12.0 Å². The largest absolute Gasteiger partial charge is 0.497 e. The standard InChI is InChI=1S/C32H49NO9.C23H22O6.H2O4S/c1-6-18(3)25(35)41-24-11-12-26(4)19-8-9-20-28(37)13-23(34)31(39)21(29(28,38)16-30(20,26)42-32(19,24)40)15-33-14-17(2)7-10-22(33)27(31,5)36;1-23(2)11-10-15-16(29-23)12-17-19(20(15)26-4)21(27-5)18(22(24)28-17)13-6-8-14(25-3)9-7-13;1-5(2,3)4/h6,17,19-24,34,36-40H,7-16H2,1-5H3;6-12H,1-5H3;(H2,1,2,3,4). The van der Waals surface area contributed by atoms with Gasteiger partial charge in [0.2, 0.25) is 5.79 Å². The second-order valence-corrected chi connectivity index (χ2v) is 24.3. The van der Waals surface area contributed by atoms with Crippen LogP contribution in [0, 0.1) is 29.1 Å². The summed E-state index contributed by atoms with van der Waals surface area (Å²) < 4.78 is 72.5. The number of fused-ring (bicyclic) bond motifs is 7. The first kappa shape index (κ1) is 56.1. The van der Waals surface area contributed by atoms with Crippen LogP contribution in [0.15, 0.2) is 57.3 Å². The van der Waals surface area contributed by atoms with Gasteiger partial charge in [-0.1, -0.05) is 32.1 Å². The van der Waals surface area contributed by atoms with Gasteiger partial charge in [0.05, 0.1) is 38.6 Å². The topological polar surface area (TPSA) is 302 Å². The molecule has 0 radical (unpaired) electrons. The number of hydrogen-bond acceptors (Lipinski definition) is 18. The van der Waals surface area contributed by atoms with Crippen LogP contribution in [-0.2, 0) is 24.7 Å². The SMILES string of the molecule is CC=C(C)C(=O)OC1CCC2(C)C3CCC4C5(O)CC(O)C6(O)C(CN7CC(C)CCC7C6(C)O)C5(O)CC42OC13O.COc1ccc(-c2c(OC)c3c(OC)c4c(cc3oc2=O)OC(C)(C)C=C4)cc1.O=S(=O)(O)O. The van der Waals surface area contributed by atoms with Crippen LogP contribution in [0.2, 0.25) is 0 Å². The lowest BCUT2D eigenvalue weighted by Gasteiger charge is -2.68. The number of hydrogen-bond donors (Lipinski definition) is 8. The highest BCUT2D eigenvalue weighted by atomic mass is 32.3. The Bertz CT molecular complexity index is 3020. The zero-order valence-electron chi connectivity index (χ0n) is 44.7. The zero-order chi connectivity index (χ0) is 55.7. The van der Waals surface area contributed by atoms with Crippen molar-refractivity contribution < 1.29 is 85.8 Å². The minimum Gasteiger partial charge on any atom is -0.497 e. The first-order chi connectivity index (χ1) is 35.3. The van der Waals surface area contributed by atoms with Crippen LogP contribution in [0.3, 0.4) is 0 Å². The molecule has 8 aliphatic rings. The molecule has 20 nitrogen and oxygen atoms in total. The molecule has 8 N–H and O–H groups in total. The van der Waals surface area contributed by atoms with Gasteiger partial charge in [0.15, 0.2) is 6.10 Å². The second-order valence-electron chi connectivity index (χ2n) is 23.4. The average Bonchev–Trinajstić information content (AvgIpc) is 3.62. The van der Waals surface area contributed by atoms with Crippen LogP contribution in [0.25, 0.3) is 28.2 Å². The van der Waals surface area contributed by atoms with Gasteiger partial charge < -0.3 is 63.5 Å². The Morgan fingerprint density at radius 1 is 0.855 bits per heavy atom. The predicted octanol–water partition coefficient (Wildman–Crippen LogP) is 5.01. The van der Waals surface area contributed by atoms with Gasteiger partial charge in [-0.25, -0.2) is 9.59 Å². The molecule has 21 heteroatoms. The Hall–Kier alpha value is -4.65. The Labute approximate surface area is 441 Å². The third-order valence-corrected chi connectivity index (χ3v) is 19.0. The third kappa shape index (κ3) is 8.23. The molecule has 11 rings (SSSR count). The molecule has 3 aromatic rings. The van der Waals surface area contributed by atoms with Crippen molar-refractivity contribution in [3.8, 4) is 34.1 Å². The Balaban J connectivity index is 0.000000181. The van der Waals surface area contributed by atoms with Gasteiger partial charge in [0.25, 0.3) is 0 Å². The van der Waals surface area contributed by atoms with Crippen LogP contribution < -0.4 is 24.6 Å². The lowest BCUT2D eigenvalue weighted by Crippen LogP contribution is -2.85. The van der Waals surface area contributed by atoms with E-state index in [4.69, 9.17) is 50.4 Å². The molecule has 76 heavy (non-hydrogen) atoms. The van der Waals surface area contributed by atoms with Crippen LogP contribution in [0.4, 0.5) is 0 Å². The van der Waals surface area contributed by atoms with Gasteiger partial charge in [-0.15, -0.1) is 0 Å². The Morgan fingerprint density at radius 2 is 1.50 bits per heavy atom. The molecule has 418 valence electrons. The molecule has 5 heterocycles. The van der Waals surface area contributed by atoms with E-state index in [9.17, 15) is 40.2 Å². The van der Waals surface area contributed by atoms with Crippen molar-refractivity contribution in [2.45, 2.75) is 157 Å². The van der Waals surface area contributed by atoms with Gasteiger partial charge in [0.1, 0.15) is 67.5 Å². The number of nitrogens with zero attached hydrogens (tertiary/aromatic N) is 1. The van der Waals surface area contributed by atoms with E-state index in [2.05, 4.69) is 11.8 Å². The molecule has 0 amide bonds. The molecule has 14 atom stereocenters. The summed E-state index contributed by atoms with van der Waals surface area (Å²) in [5, 5.41) is 74.5. The Morgan fingerprint density at radius 3 is 2.12 bits per heavy atom. The van der Waals surface area contributed by atoms with Crippen LogP contribution in [0.5, 0.6) is 23.0 Å². The fraction of sp³-hybridized carbons (Fsp3) is 0.636. The molecular formula is C55H73NO19S. The van der Waals surface area contributed by atoms with Gasteiger partial charge in [-0.05, 0) is 109 Å². The minimum atomic E-state index is -4.67. The number of esters is 1. The number of aliphatic hydroxyl groups is 6. The lowest BCUT2D eigenvalue weighted by atomic mass is 9.49. The number of benzene rings is 2. The van der Waals surface area contributed by atoms with E-state index in [1.54, 1.807) is 71.4 Å². The molecule has 4 saturated carbocycles. The van der Waals surface area contributed by atoms with Crippen molar-refractivity contribution in [3.05, 3.63) is 64.0 Å². The van der Waals surface area contributed by atoms with Crippen LogP contribution >= 0.6 is 0 Å². The number of aliphatic hydroxyl groups excluding tert-OH is 1. The molecule has 7 fully saturated rings. The normalized spacial score (nSPS) is 39.5. The van der Waals surface area contributed by atoms with E-state index in [1.807, 2.05) is 32.9 Å². The number of allylic oxidation sites excluding steroid dienone is 1. The van der Waals surface area contributed by atoms with Crippen LogP contribution in [-0.4, -0.2) is 151 Å². The first-order valence-corrected chi connectivity index (χ1v) is 27.3. The summed E-state index contributed by atoms with van der Waals surface area (Å²) in [6.45, 7) is 14.0. The molecule has 4 bridgehead atoms. The molecule has 1 aromatic heterocycles. The van der Waals surface area contributed by atoms with Crippen molar-refractivity contribution >= 4 is 33.4 Å². The maximum atomic E-state index is 12.9. The summed E-state index contributed by atoms with van der Waals surface area (Å²) in [6, 6.07) is 8.45. The van der Waals surface area contributed by atoms with E-state index in [0.29, 0.717) is 95.2 Å². The number of piperidine rings is 2. The highest BCUT2D eigenvalue weighted by Gasteiger charge is 2.89. The fourth-order valence-electron chi connectivity index (χ4n) is 15.3. The highest BCUT2D eigenvalue weighted by molar-refractivity contribution is 7.79. The average molecular weight is 1080 g/mol. The van der Waals surface area contributed by atoms with Crippen molar-refractivity contribution in [3.63, 3.8) is 0 Å². The van der Waals surface area contributed by atoms with Crippen molar-refractivity contribution in [1.29, 1.82) is 0 Å². The summed E-state index contributed by atoms with van der Waals surface area (Å²) in [5.74, 6) is -1.85. The van der Waals surface area contributed by atoms with Crippen molar-refractivity contribution in [1.82, 2.24) is 4.90 Å². The fourth-order valence-corrected chi connectivity index (χ4v) is 15.3. The van der Waals surface area contributed by atoms with Gasteiger partial charge in [-0.3, -0.25) is 14.0 Å². The first-order valence-electron chi connectivity index (χ1n) is 25.9. The monoisotopic (exact) mass is 1080 g/mol. The third-order valence-electron chi connectivity index (χ3n) is 19.0. The zero-order valence-corrected chi connectivity index (χ0v) is 45.5. The molecular weight excluding hydrogens is 1010 g/mol. The quantitative estimate of drug-likeness (QED) is 0.0696. The molecule has 4 aliphatic heterocycles. The summed E-state index contributed by atoms with van der Waals surface area (Å²) in [4.78, 5) is 27.8. The lowest BCUT2D eigenvalue weighted by molar-refractivity contribution is -0.354. The molecule has 4 aliphatic carbocycles. The van der Waals surface area contributed by atoms with Crippen molar-refractivity contribution in [2.24, 2.45) is 29.1 Å². The summed E-state index contributed by atoms with van der Waals surface area (Å²) in [5.41, 5.74) is -7.85. The number of methoxy groups -OCH3 is 3. The number of rotatable bonds is 6. The minimum absolute atomic E-state index is 0.0606. The van der Waals surface area contributed by atoms with E-state index < -0.39 is 96.8 Å². The van der Waals surface area contributed by atoms with E-state index in [1.165, 1.54) is 7.11 Å². The van der Waals surface area contributed by atoms with E-state index in [-0.39, 0.29) is 25.4 Å². The van der Waals surface area contributed by atoms with Gasteiger partial charge in [0, 0.05) is 66.8 Å². The second kappa shape index (κ2) is 18.7. The van der Waals surface area contributed by atoms with Gasteiger partial charge >= 0.3 is 22.0 Å². The number of carbonyl (C=O) groups excluding carboxylic acids is 1. The summed E-state index contributed by atoms with van der Waals surface area (Å²) in [7, 11) is 0.0146. The molecule has 14 unspecified atom stereocenters. The Kier molecular flexibility index (Phi) is 13.8. The summed E-state index contributed by atoms with van der Waals surface area (Å²) in [6.07, 6.45) is 6.21. The van der Waals surface area contributed by atoms with E-state index >= 15 is 0 Å². The molecule has 2 aromatic carbocycles. The highest BCUT2D eigenvalue weighted by Crippen LogP contribution is 2.78. The van der Waals surface area contributed by atoms with Crippen LogP contribution in [0.1, 0.15) is 105 Å². The van der Waals surface area contributed by atoms with Gasteiger partial charge in [-0.2, -0.15) is 8.42 Å². The predicted molar refractivity (Wildman–Crippen MR) is 275 cm³/mol. The number of carbonyl (C=O) groups is 1. The van der Waals surface area contributed by atoms with Crippen molar-refractivity contribution in [2.75, 3.05) is 34.4 Å². The molecule has 3 saturated heterocycles. The summed E-state index contributed by atoms with van der Waals surface area (Å²) >= 11 is 0.